The number of halogens is 2. The van der Waals surface area contributed by atoms with E-state index in [-0.39, 0.29) is 30.0 Å². The minimum absolute atomic E-state index is 0.00980. The summed E-state index contributed by atoms with van der Waals surface area (Å²) < 4.78 is 28.8. The molecule has 0 aliphatic carbocycles. The molecule has 1 aliphatic rings. The van der Waals surface area contributed by atoms with Gasteiger partial charge in [-0.15, -0.1) is 0 Å². The molecule has 1 amide bonds. The van der Waals surface area contributed by atoms with Crippen molar-refractivity contribution in [3.63, 3.8) is 0 Å². The van der Waals surface area contributed by atoms with E-state index in [0.29, 0.717) is 18.7 Å². The molecule has 2 aromatic carbocycles. The SMILES string of the molecule is O=C(Cc1cccc(F)c1)N1CCC(n2cnc3ccc(F)cc32)CC1. The predicted octanol–water partition coefficient (Wildman–Crippen LogP) is 3.72. The first-order valence-corrected chi connectivity index (χ1v) is 8.74. The molecular weight excluding hydrogens is 336 g/mol. The second-order valence-electron chi connectivity index (χ2n) is 6.70. The number of piperidine rings is 1. The highest BCUT2D eigenvalue weighted by atomic mass is 19.1. The fraction of sp³-hybridized carbons (Fsp3) is 0.300. The number of likely N-dealkylation sites (tertiary alicyclic amines) is 1. The van der Waals surface area contributed by atoms with E-state index in [1.807, 2.05) is 9.47 Å². The minimum atomic E-state index is -0.326. The molecule has 1 fully saturated rings. The second-order valence-corrected chi connectivity index (χ2v) is 6.70. The van der Waals surface area contributed by atoms with Crippen molar-refractivity contribution in [3.05, 3.63) is 66.0 Å². The van der Waals surface area contributed by atoms with E-state index < -0.39 is 0 Å². The highest BCUT2D eigenvalue weighted by Gasteiger charge is 2.24. The zero-order valence-electron chi connectivity index (χ0n) is 14.2. The van der Waals surface area contributed by atoms with Crippen molar-refractivity contribution in [2.75, 3.05) is 13.1 Å². The normalized spacial score (nSPS) is 15.5. The predicted molar refractivity (Wildman–Crippen MR) is 94.6 cm³/mol. The Hall–Kier alpha value is -2.76. The van der Waals surface area contributed by atoms with Crippen molar-refractivity contribution in [2.45, 2.75) is 25.3 Å². The maximum Gasteiger partial charge on any atom is 0.226 e. The first kappa shape index (κ1) is 16.7. The summed E-state index contributed by atoms with van der Waals surface area (Å²) in [6, 6.07) is 10.9. The summed E-state index contributed by atoms with van der Waals surface area (Å²) in [4.78, 5) is 18.6. The van der Waals surface area contributed by atoms with E-state index in [1.54, 1.807) is 24.5 Å². The number of benzene rings is 2. The monoisotopic (exact) mass is 355 g/mol. The van der Waals surface area contributed by atoms with E-state index in [1.165, 1.54) is 24.3 Å². The van der Waals surface area contributed by atoms with Crippen LogP contribution in [0, 0.1) is 11.6 Å². The number of imidazole rings is 1. The third-order valence-corrected chi connectivity index (χ3v) is 4.99. The van der Waals surface area contributed by atoms with Gasteiger partial charge in [0.1, 0.15) is 11.6 Å². The van der Waals surface area contributed by atoms with Crippen LogP contribution >= 0.6 is 0 Å². The van der Waals surface area contributed by atoms with Gasteiger partial charge in [0.05, 0.1) is 23.8 Å². The third-order valence-electron chi connectivity index (χ3n) is 4.99. The first-order valence-electron chi connectivity index (χ1n) is 8.74. The molecule has 134 valence electrons. The lowest BCUT2D eigenvalue weighted by molar-refractivity contribution is -0.131. The standard InChI is InChI=1S/C20H19F2N3O/c21-15-3-1-2-14(10-15)11-20(26)24-8-6-17(7-9-24)25-13-23-18-5-4-16(22)12-19(18)25/h1-5,10,12-13,17H,6-9,11H2. The number of nitrogens with zero attached hydrogens (tertiary/aromatic N) is 3. The Labute approximate surface area is 150 Å². The van der Waals surface area contributed by atoms with Crippen LogP contribution in [0.3, 0.4) is 0 Å². The van der Waals surface area contributed by atoms with E-state index in [9.17, 15) is 13.6 Å². The molecule has 6 heteroatoms. The largest absolute Gasteiger partial charge is 0.342 e. The smallest absolute Gasteiger partial charge is 0.226 e. The molecule has 0 bridgehead atoms. The Morgan fingerprint density at radius 3 is 2.62 bits per heavy atom. The quantitative estimate of drug-likeness (QED) is 0.718. The van der Waals surface area contributed by atoms with Crippen LogP contribution in [0.15, 0.2) is 48.8 Å². The number of aromatic nitrogens is 2. The van der Waals surface area contributed by atoms with E-state index in [0.717, 1.165) is 23.9 Å². The molecule has 0 unspecified atom stereocenters. The van der Waals surface area contributed by atoms with Gasteiger partial charge in [-0.3, -0.25) is 4.79 Å². The van der Waals surface area contributed by atoms with Crippen LogP contribution in [0.1, 0.15) is 24.4 Å². The molecule has 4 nitrogen and oxygen atoms in total. The van der Waals surface area contributed by atoms with Gasteiger partial charge < -0.3 is 9.47 Å². The number of amides is 1. The molecule has 1 aromatic heterocycles. The summed E-state index contributed by atoms with van der Waals surface area (Å²) in [6.45, 7) is 1.27. The van der Waals surface area contributed by atoms with Crippen molar-refractivity contribution in [3.8, 4) is 0 Å². The lowest BCUT2D eigenvalue weighted by Gasteiger charge is -2.33. The number of rotatable bonds is 3. The Balaban J connectivity index is 1.42. The second kappa shape index (κ2) is 6.86. The van der Waals surface area contributed by atoms with Gasteiger partial charge in [-0.05, 0) is 48.7 Å². The van der Waals surface area contributed by atoms with Gasteiger partial charge in [0, 0.05) is 19.1 Å². The molecule has 0 N–H and O–H groups in total. The Morgan fingerprint density at radius 1 is 1.08 bits per heavy atom. The Morgan fingerprint density at radius 2 is 1.85 bits per heavy atom. The molecule has 26 heavy (non-hydrogen) atoms. The van der Waals surface area contributed by atoms with Gasteiger partial charge in [-0.25, -0.2) is 13.8 Å². The molecule has 4 rings (SSSR count). The molecule has 0 spiro atoms. The average Bonchev–Trinajstić information content (AvgIpc) is 3.05. The van der Waals surface area contributed by atoms with Crippen molar-refractivity contribution < 1.29 is 13.6 Å². The van der Waals surface area contributed by atoms with Crippen molar-refractivity contribution >= 4 is 16.9 Å². The van der Waals surface area contributed by atoms with Crippen molar-refractivity contribution in [1.29, 1.82) is 0 Å². The molecule has 0 radical (unpaired) electrons. The highest BCUT2D eigenvalue weighted by molar-refractivity contribution is 5.79. The van der Waals surface area contributed by atoms with Gasteiger partial charge >= 0.3 is 0 Å². The van der Waals surface area contributed by atoms with Crippen molar-refractivity contribution in [2.24, 2.45) is 0 Å². The minimum Gasteiger partial charge on any atom is -0.342 e. The molecule has 1 saturated heterocycles. The zero-order valence-corrected chi connectivity index (χ0v) is 14.2. The van der Waals surface area contributed by atoms with Crippen LogP contribution in [0.2, 0.25) is 0 Å². The lowest BCUT2D eigenvalue weighted by atomic mass is 10.0. The number of hydrogen-bond acceptors (Lipinski definition) is 2. The summed E-state index contributed by atoms with van der Waals surface area (Å²) in [5, 5.41) is 0. The van der Waals surface area contributed by atoms with Gasteiger partial charge in [-0.1, -0.05) is 12.1 Å². The van der Waals surface area contributed by atoms with Gasteiger partial charge in [0.25, 0.3) is 0 Å². The molecule has 0 saturated carbocycles. The van der Waals surface area contributed by atoms with Crippen LogP contribution < -0.4 is 0 Å². The van der Waals surface area contributed by atoms with Gasteiger partial charge in [0.15, 0.2) is 0 Å². The summed E-state index contributed by atoms with van der Waals surface area (Å²) in [5.41, 5.74) is 2.25. The summed E-state index contributed by atoms with van der Waals surface area (Å²) in [6.07, 6.45) is 3.54. The molecule has 0 atom stereocenters. The van der Waals surface area contributed by atoms with Crippen LogP contribution in [0.5, 0.6) is 0 Å². The first-order chi connectivity index (χ1) is 12.6. The van der Waals surface area contributed by atoms with E-state index in [2.05, 4.69) is 4.98 Å². The zero-order chi connectivity index (χ0) is 18.1. The fourth-order valence-corrected chi connectivity index (χ4v) is 3.62. The highest BCUT2D eigenvalue weighted by Crippen LogP contribution is 2.27. The van der Waals surface area contributed by atoms with Gasteiger partial charge in [0.2, 0.25) is 5.91 Å². The fourth-order valence-electron chi connectivity index (χ4n) is 3.62. The van der Waals surface area contributed by atoms with Crippen LogP contribution in [-0.4, -0.2) is 33.4 Å². The van der Waals surface area contributed by atoms with Crippen molar-refractivity contribution in [1.82, 2.24) is 14.5 Å². The Kier molecular flexibility index (Phi) is 4.41. The lowest BCUT2D eigenvalue weighted by Crippen LogP contribution is -2.39. The molecule has 3 aromatic rings. The molecular formula is C20H19F2N3O. The maximum absolute atomic E-state index is 13.5. The summed E-state index contributed by atoms with van der Waals surface area (Å²) in [5.74, 6) is -0.592. The maximum atomic E-state index is 13.5. The average molecular weight is 355 g/mol. The third kappa shape index (κ3) is 3.31. The summed E-state index contributed by atoms with van der Waals surface area (Å²) >= 11 is 0. The topological polar surface area (TPSA) is 38.1 Å². The van der Waals surface area contributed by atoms with Crippen LogP contribution in [0.4, 0.5) is 8.78 Å². The van der Waals surface area contributed by atoms with Crippen LogP contribution in [-0.2, 0) is 11.2 Å². The van der Waals surface area contributed by atoms with Crippen LogP contribution in [0.25, 0.3) is 11.0 Å². The number of carbonyl (C=O) groups is 1. The molecule has 1 aliphatic heterocycles. The number of hydrogen-bond donors (Lipinski definition) is 0. The molecule has 2 heterocycles. The van der Waals surface area contributed by atoms with Gasteiger partial charge in [-0.2, -0.15) is 0 Å². The van der Waals surface area contributed by atoms with E-state index in [4.69, 9.17) is 0 Å². The number of fused-ring (bicyclic) bond motifs is 1. The van der Waals surface area contributed by atoms with E-state index >= 15 is 0 Å². The summed E-state index contributed by atoms with van der Waals surface area (Å²) in [7, 11) is 0. The Bertz CT molecular complexity index is 945. The number of carbonyl (C=O) groups excluding carboxylic acids is 1.